The zero-order valence-electron chi connectivity index (χ0n) is 22.1. The lowest BCUT2D eigenvalue weighted by molar-refractivity contribution is 0.569. The summed E-state index contributed by atoms with van der Waals surface area (Å²) in [7, 11) is -3.93. The molecule has 1 aliphatic carbocycles. The Bertz CT molecular complexity index is 1880. The highest BCUT2D eigenvalue weighted by atomic mass is 35.5. The number of aromatic nitrogens is 4. The van der Waals surface area contributed by atoms with Crippen LogP contribution in [0.3, 0.4) is 0 Å². The average molecular weight is 589 g/mol. The van der Waals surface area contributed by atoms with Crippen LogP contribution in [0.4, 0.5) is 13.2 Å². The zero-order chi connectivity index (χ0) is 29.3. The summed E-state index contributed by atoms with van der Waals surface area (Å²) in [6, 6.07) is 5.27. The van der Waals surface area contributed by atoms with E-state index in [2.05, 4.69) is 15.0 Å². The van der Waals surface area contributed by atoms with Crippen molar-refractivity contribution in [1.29, 1.82) is 0 Å². The molecule has 40 heavy (non-hydrogen) atoms. The quantitative estimate of drug-likeness (QED) is 0.301. The number of aryl methyl sites for hydroxylation is 3. The van der Waals surface area contributed by atoms with Gasteiger partial charge < -0.3 is 0 Å². The molecule has 0 amide bonds. The Kier molecular flexibility index (Phi) is 6.86. The Morgan fingerprint density at radius 1 is 1.00 bits per heavy atom. The number of sulfone groups is 1. The van der Waals surface area contributed by atoms with Crippen LogP contribution in [0.5, 0.6) is 0 Å². The maximum Gasteiger partial charge on any atom is 0.274 e. The number of hydrogen-bond acceptors (Lipinski definition) is 6. The fraction of sp³-hybridized carbons (Fsp3) is 0.286. The lowest BCUT2D eigenvalue weighted by Gasteiger charge is -2.18. The molecule has 0 radical (unpaired) electrons. The van der Waals surface area contributed by atoms with Gasteiger partial charge in [-0.2, -0.15) is 0 Å². The molecule has 3 aromatic heterocycles. The normalized spacial score (nSPS) is 18.7. The summed E-state index contributed by atoms with van der Waals surface area (Å²) < 4.78 is 70.1. The molecule has 208 valence electrons. The zero-order valence-corrected chi connectivity index (χ0v) is 23.7. The summed E-state index contributed by atoms with van der Waals surface area (Å²) in [6.07, 6.45) is 3.24. The molecule has 1 saturated carbocycles. The van der Waals surface area contributed by atoms with E-state index in [1.807, 2.05) is 6.92 Å². The fourth-order valence-electron chi connectivity index (χ4n) is 5.23. The lowest BCUT2D eigenvalue weighted by Crippen LogP contribution is -2.24. The molecule has 3 atom stereocenters. The summed E-state index contributed by atoms with van der Waals surface area (Å²) in [5.74, 6) is -2.57. The molecule has 12 heteroatoms. The van der Waals surface area contributed by atoms with Gasteiger partial charge in [0.15, 0.2) is 27.3 Å². The molecule has 1 unspecified atom stereocenters. The van der Waals surface area contributed by atoms with Crippen LogP contribution in [-0.4, -0.2) is 34.2 Å². The first-order valence-corrected chi connectivity index (χ1v) is 14.6. The van der Waals surface area contributed by atoms with Gasteiger partial charge in [-0.05, 0) is 61.9 Å². The molecular formula is C28H24ClF3N4O3S. The van der Waals surface area contributed by atoms with Crippen LogP contribution in [0.1, 0.15) is 47.1 Å². The van der Waals surface area contributed by atoms with Crippen LogP contribution in [0.25, 0.3) is 16.9 Å². The maximum absolute atomic E-state index is 16.1. The molecule has 0 aliphatic heterocycles. The molecule has 0 bridgehead atoms. The second-order valence-electron chi connectivity index (χ2n) is 10.1. The van der Waals surface area contributed by atoms with Crippen LogP contribution in [0.2, 0.25) is 5.02 Å². The van der Waals surface area contributed by atoms with Crippen molar-refractivity contribution in [2.24, 2.45) is 5.92 Å². The molecule has 1 fully saturated rings. The van der Waals surface area contributed by atoms with E-state index in [1.54, 1.807) is 26.8 Å². The second-order valence-corrected chi connectivity index (χ2v) is 12.5. The van der Waals surface area contributed by atoms with E-state index in [-0.39, 0.29) is 45.3 Å². The van der Waals surface area contributed by atoms with Crippen LogP contribution in [-0.2, 0) is 9.84 Å². The Balaban J connectivity index is 1.63. The largest absolute Gasteiger partial charge is 0.277 e. The van der Waals surface area contributed by atoms with Gasteiger partial charge >= 0.3 is 0 Å². The van der Waals surface area contributed by atoms with Crippen LogP contribution in [0, 0.1) is 44.1 Å². The Morgan fingerprint density at radius 2 is 1.70 bits per heavy atom. The predicted molar refractivity (Wildman–Crippen MR) is 144 cm³/mol. The van der Waals surface area contributed by atoms with Crippen molar-refractivity contribution >= 4 is 21.4 Å². The smallest absolute Gasteiger partial charge is 0.274 e. The van der Waals surface area contributed by atoms with Crippen molar-refractivity contribution in [2.75, 3.05) is 6.26 Å². The molecule has 1 aromatic carbocycles. The molecule has 3 heterocycles. The van der Waals surface area contributed by atoms with Crippen molar-refractivity contribution < 1.29 is 21.6 Å². The van der Waals surface area contributed by atoms with E-state index in [4.69, 9.17) is 11.6 Å². The highest BCUT2D eigenvalue weighted by Gasteiger charge is 2.52. The minimum absolute atomic E-state index is 0.0214. The van der Waals surface area contributed by atoms with Gasteiger partial charge in [-0.3, -0.25) is 14.3 Å². The summed E-state index contributed by atoms with van der Waals surface area (Å²) in [5, 5.41) is -0.119. The fourth-order valence-corrected chi connectivity index (χ4v) is 6.25. The topological polar surface area (TPSA) is 94.8 Å². The number of rotatable bonds is 5. The molecule has 0 N–H and O–H groups in total. The number of nitrogens with zero attached hydrogens (tertiary/aromatic N) is 4. The second kappa shape index (κ2) is 9.81. The number of pyridine rings is 2. The van der Waals surface area contributed by atoms with Gasteiger partial charge in [0.05, 0.1) is 17.6 Å². The van der Waals surface area contributed by atoms with E-state index < -0.39 is 43.4 Å². The Labute approximate surface area is 233 Å². The van der Waals surface area contributed by atoms with E-state index in [0.717, 1.165) is 23.1 Å². The van der Waals surface area contributed by atoms with Gasteiger partial charge in [0.2, 0.25) is 0 Å². The van der Waals surface area contributed by atoms with Crippen molar-refractivity contribution in [1.82, 2.24) is 19.5 Å². The SMILES string of the molecule is Cc1cnc(-c2cccc(S(C)(=O)=O)c2F)c(F)c1-n1c(C)cc(C2[C@@H](c3ncc(F)c(C)n3)[C@H]2C)c(Cl)c1=O. The van der Waals surface area contributed by atoms with Crippen molar-refractivity contribution in [3.8, 4) is 16.9 Å². The minimum atomic E-state index is -3.93. The first-order chi connectivity index (χ1) is 18.7. The Morgan fingerprint density at radius 3 is 2.35 bits per heavy atom. The monoisotopic (exact) mass is 588 g/mol. The van der Waals surface area contributed by atoms with Gasteiger partial charge in [-0.15, -0.1) is 0 Å². The van der Waals surface area contributed by atoms with Gasteiger partial charge in [0, 0.05) is 29.6 Å². The van der Waals surface area contributed by atoms with Crippen molar-refractivity contribution in [3.05, 3.63) is 97.8 Å². The molecule has 0 saturated heterocycles. The lowest BCUT2D eigenvalue weighted by atomic mass is 10.1. The summed E-state index contributed by atoms with van der Waals surface area (Å²) in [5.41, 5.74) is -0.264. The van der Waals surface area contributed by atoms with Crippen molar-refractivity contribution in [3.63, 3.8) is 0 Å². The standard InChI is InChI=1S/C28H24ClF3N4O3S/c1-12-10-33-25(16-7-6-8-19(23(16)31)40(5,38)39)24(32)26(12)36-13(2)9-17(22(29)28(36)37)20-14(3)21(20)27-34-11-18(30)15(4)35-27/h6-11,14,20-21H,1-5H3/t14-,20?,21-/m0/s1. The first kappa shape index (κ1) is 28.0. The summed E-state index contributed by atoms with van der Waals surface area (Å²) >= 11 is 6.59. The van der Waals surface area contributed by atoms with E-state index in [9.17, 15) is 17.6 Å². The van der Waals surface area contributed by atoms with Crippen LogP contribution in [0.15, 0.2) is 46.3 Å². The highest BCUT2D eigenvalue weighted by molar-refractivity contribution is 7.90. The Hall–Kier alpha value is -3.57. The molecule has 1 aliphatic rings. The average Bonchev–Trinajstić information content (AvgIpc) is 3.55. The molecular weight excluding hydrogens is 565 g/mol. The number of hydrogen-bond donors (Lipinski definition) is 0. The highest BCUT2D eigenvalue weighted by Crippen LogP contribution is 2.60. The summed E-state index contributed by atoms with van der Waals surface area (Å²) in [4.78, 5) is 25.4. The van der Waals surface area contributed by atoms with Gasteiger partial charge in [0.25, 0.3) is 5.56 Å². The molecule has 0 spiro atoms. The molecule has 7 nitrogen and oxygen atoms in total. The third-order valence-electron chi connectivity index (χ3n) is 7.35. The molecule has 4 aromatic rings. The molecule has 5 rings (SSSR count). The van der Waals surface area contributed by atoms with Gasteiger partial charge in [-0.1, -0.05) is 24.6 Å². The number of halogens is 4. The van der Waals surface area contributed by atoms with Gasteiger partial charge in [-0.25, -0.2) is 31.6 Å². The third kappa shape index (κ3) is 4.50. The van der Waals surface area contributed by atoms with E-state index >= 15 is 8.78 Å². The van der Waals surface area contributed by atoms with E-state index in [0.29, 0.717) is 17.1 Å². The number of benzene rings is 1. The van der Waals surface area contributed by atoms with E-state index in [1.165, 1.54) is 18.3 Å². The van der Waals surface area contributed by atoms with Gasteiger partial charge in [0.1, 0.15) is 21.4 Å². The summed E-state index contributed by atoms with van der Waals surface area (Å²) in [6.45, 7) is 6.65. The third-order valence-corrected chi connectivity index (χ3v) is 8.85. The predicted octanol–water partition coefficient (Wildman–Crippen LogP) is 5.61. The minimum Gasteiger partial charge on any atom is -0.277 e. The van der Waals surface area contributed by atoms with Crippen molar-refractivity contribution in [2.45, 2.75) is 44.4 Å². The maximum atomic E-state index is 16.1. The van der Waals surface area contributed by atoms with Crippen LogP contribution >= 0.6 is 11.6 Å². The first-order valence-electron chi connectivity index (χ1n) is 12.3. The van der Waals surface area contributed by atoms with Crippen LogP contribution < -0.4 is 5.56 Å².